The van der Waals surface area contributed by atoms with Crippen LogP contribution < -0.4 is 0 Å². The number of carbonyl (C=O) groups excluding carboxylic acids is 3. The molecule has 0 aromatic rings. The highest BCUT2D eigenvalue weighted by Crippen LogP contribution is 2.58. The summed E-state index contributed by atoms with van der Waals surface area (Å²) in [6.07, 6.45) is 7.82. The Bertz CT molecular complexity index is 892. The first-order chi connectivity index (χ1) is 19.0. The van der Waals surface area contributed by atoms with Crippen LogP contribution in [0.2, 0.25) is 0 Å². The van der Waals surface area contributed by atoms with Crippen molar-refractivity contribution >= 4 is 17.8 Å². The minimum atomic E-state index is -1.02. The zero-order valence-corrected chi connectivity index (χ0v) is 23.1. The molecule has 0 saturated carbocycles. The van der Waals surface area contributed by atoms with E-state index in [4.69, 9.17) is 19.3 Å². The van der Waals surface area contributed by atoms with E-state index in [9.17, 15) is 14.4 Å². The van der Waals surface area contributed by atoms with E-state index in [1.54, 1.807) is 22.0 Å². The highest BCUT2D eigenvalue weighted by atomic mass is 16.6. The SMILES string of the molecule is C=CCCOC(=O)[C@@H]1[C@H]2C(=O)N(CCCCCCO)C(C(=O)N(CC=C)CCN3CCOCC3)C23CC[C@H]1O3. The fourth-order valence-electron chi connectivity index (χ4n) is 6.73. The van der Waals surface area contributed by atoms with Crippen LogP contribution in [0.4, 0.5) is 0 Å². The number of unbranched alkanes of at least 4 members (excludes halogenated alkanes) is 3. The molecule has 4 aliphatic rings. The number of esters is 1. The Balaban J connectivity index is 1.56. The van der Waals surface area contributed by atoms with Crippen LogP contribution in [0.1, 0.15) is 44.9 Å². The molecule has 4 heterocycles. The minimum Gasteiger partial charge on any atom is -0.465 e. The molecule has 10 nitrogen and oxygen atoms in total. The summed E-state index contributed by atoms with van der Waals surface area (Å²) in [7, 11) is 0. The summed E-state index contributed by atoms with van der Waals surface area (Å²) >= 11 is 0. The smallest absolute Gasteiger partial charge is 0.312 e. The molecule has 2 unspecified atom stereocenters. The molecule has 4 aliphatic heterocycles. The maximum absolute atomic E-state index is 14.3. The van der Waals surface area contributed by atoms with Gasteiger partial charge in [-0.05, 0) is 32.1 Å². The van der Waals surface area contributed by atoms with Crippen molar-refractivity contribution in [1.29, 1.82) is 0 Å². The van der Waals surface area contributed by atoms with Gasteiger partial charge in [0.05, 0.1) is 37.8 Å². The zero-order valence-electron chi connectivity index (χ0n) is 23.1. The van der Waals surface area contributed by atoms with Gasteiger partial charge >= 0.3 is 5.97 Å². The zero-order chi connectivity index (χ0) is 27.8. The maximum atomic E-state index is 14.3. The standard InChI is InChI=1S/C29H45N3O7/c1-3-5-19-38-28(36)23-22-10-11-29(39-22)24(23)26(34)32(13-8-6-7-9-18-33)25(29)27(35)31(12-4-2)15-14-30-16-20-37-21-17-30/h3-4,22-25,33H,1-2,5-21H2/t22-,23+,24+,25?,29?/m1/s1. The normalized spacial score (nSPS) is 29.9. The second-order valence-corrected chi connectivity index (χ2v) is 11.0. The largest absolute Gasteiger partial charge is 0.465 e. The molecule has 2 bridgehead atoms. The lowest BCUT2D eigenvalue weighted by molar-refractivity contribution is -0.155. The fourth-order valence-corrected chi connectivity index (χ4v) is 6.73. The van der Waals surface area contributed by atoms with Crippen LogP contribution in [0.25, 0.3) is 0 Å². The van der Waals surface area contributed by atoms with E-state index in [-0.39, 0.29) is 25.0 Å². The summed E-state index contributed by atoms with van der Waals surface area (Å²) < 4.78 is 17.5. The van der Waals surface area contributed by atoms with E-state index in [1.165, 1.54) is 0 Å². The third-order valence-corrected chi connectivity index (χ3v) is 8.63. The van der Waals surface area contributed by atoms with Crippen molar-refractivity contribution in [3.8, 4) is 0 Å². The molecular formula is C29H45N3O7. The highest BCUT2D eigenvalue weighted by molar-refractivity contribution is 5.98. The predicted molar refractivity (Wildman–Crippen MR) is 145 cm³/mol. The summed E-state index contributed by atoms with van der Waals surface area (Å²) in [4.78, 5) is 47.2. The van der Waals surface area contributed by atoms with Gasteiger partial charge in [-0.25, -0.2) is 0 Å². The first kappa shape index (κ1) is 29.7. The number of amides is 2. The number of ether oxygens (including phenoxy) is 3. The summed E-state index contributed by atoms with van der Waals surface area (Å²) in [5.74, 6) is -2.17. The van der Waals surface area contributed by atoms with E-state index in [2.05, 4.69) is 18.1 Å². The average molecular weight is 548 g/mol. The molecule has 0 aliphatic carbocycles. The van der Waals surface area contributed by atoms with Crippen LogP contribution in [0.5, 0.6) is 0 Å². The topological polar surface area (TPSA) is 109 Å². The lowest BCUT2D eigenvalue weighted by atomic mass is 9.70. The van der Waals surface area contributed by atoms with Gasteiger partial charge in [0.25, 0.3) is 0 Å². The van der Waals surface area contributed by atoms with Gasteiger partial charge in [0.2, 0.25) is 11.8 Å². The molecule has 0 radical (unpaired) electrons. The average Bonchev–Trinajstić information content (AvgIpc) is 3.58. The molecule has 2 amide bonds. The molecule has 5 atom stereocenters. The van der Waals surface area contributed by atoms with Gasteiger partial charge in [0.15, 0.2) is 0 Å². The monoisotopic (exact) mass is 547 g/mol. The quantitative estimate of drug-likeness (QED) is 0.175. The van der Waals surface area contributed by atoms with Crippen LogP contribution in [0, 0.1) is 11.8 Å². The van der Waals surface area contributed by atoms with Gasteiger partial charge in [-0.3, -0.25) is 19.3 Å². The Labute approximate surface area is 231 Å². The number of aliphatic hydroxyl groups is 1. The molecule has 4 rings (SSSR count). The number of fused-ring (bicyclic) bond motifs is 1. The first-order valence-electron chi connectivity index (χ1n) is 14.5. The Morgan fingerprint density at radius 2 is 1.90 bits per heavy atom. The molecule has 1 spiro atoms. The second kappa shape index (κ2) is 13.9. The molecule has 0 aromatic heterocycles. The Morgan fingerprint density at radius 1 is 1.13 bits per heavy atom. The van der Waals surface area contributed by atoms with Crippen molar-refractivity contribution in [1.82, 2.24) is 14.7 Å². The van der Waals surface area contributed by atoms with Crippen molar-refractivity contribution < 1.29 is 33.7 Å². The van der Waals surface area contributed by atoms with Crippen LogP contribution >= 0.6 is 0 Å². The first-order valence-corrected chi connectivity index (χ1v) is 14.5. The number of hydrogen-bond donors (Lipinski definition) is 1. The number of likely N-dealkylation sites (tertiary alicyclic amines) is 1. The van der Waals surface area contributed by atoms with E-state index < -0.39 is 35.6 Å². The summed E-state index contributed by atoms with van der Waals surface area (Å²) in [6.45, 7) is 12.9. The minimum absolute atomic E-state index is 0.138. The van der Waals surface area contributed by atoms with Crippen LogP contribution in [0.15, 0.2) is 25.3 Å². The van der Waals surface area contributed by atoms with Crippen molar-refractivity contribution in [2.75, 3.05) is 65.7 Å². The van der Waals surface area contributed by atoms with Crippen molar-refractivity contribution in [3.05, 3.63) is 25.3 Å². The lowest BCUT2D eigenvalue weighted by Crippen LogP contribution is -2.57. The van der Waals surface area contributed by atoms with E-state index in [0.717, 1.165) is 25.9 Å². The van der Waals surface area contributed by atoms with E-state index in [1.807, 2.05) is 0 Å². The third-order valence-electron chi connectivity index (χ3n) is 8.63. The molecular weight excluding hydrogens is 502 g/mol. The summed E-state index contributed by atoms with van der Waals surface area (Å²) in [5.41, 5.74) is -1.02. The molecule has 4 fully saturated rings. The Kier molecular flexibility index (Phi) is 10.6. The maximum Gasteiger partial charge on any atom is 0.312 e. The molecule has 0 aromatic carbocycles. The lowest BCUT2D eigenvalue weighted by Gasteiger charge is -2.37. The van der Waals surface area contributed by atoms with Gasteiger partial charge < -0.3 is 29.1 Å². The van der Waals surface area contributed by atoms with Crippen molar-refractivity contribution in [3.63, 3.8) is 0 Å². The number of rotatable bonds is 16. The molecule has 39 heavy (non-hydrogen) atoms. The van der Waals surface area contributed by atoms with Crippen LogP contribution in [-0.4, -0.2) is 121 Å². The Morgan fingerprint density at radius 3 is 2.62 bits per heavy atom. The van der Waals surface area contributed by atoms with Gasteiger partial charge in [0, 0.05) is 45.9 Å². The molecule has 218 valence electrons. The Hall–Kier alpha value is -2.27. The third kappa shape index (κ3) is 6.24. The van der Waals surface area contributed by atoms with Gasteiger partial charge in [-0.1, -0.05) is 25.0 Å². The van der Waals surface area contributed by atoms with E-state index >= 15 is 0 Å². The fraction of sp³-hybridized carbons (Fsp3) is 0.759. The van der Waals surface area contributed by atoms with Gasteiger partial charge in [-0.2, -0.15) is 0 Å². The predicted octanol–water partition coefficient (Wildman–Crippen LogP) is 1.38. The number of aliphatic hydroxyl groups excluding tert-OH is 1. The number of morpholine rings is 1. The van der Waals surface area contributed by atoms with Crippen molar-refractivity contribution in [2.24, 2.45) is 11.8 Å². The summed E-state index contributed by atoms with van der Waals surface area (Å²) in [6, 6.07) is -0.784. The van der Waals surface area contributed by atoms with Gasteiger partial charge in [0.1, 0.15) is 11.6 Å². The molecule has 10 heteroatoms. The summed E-state index contributed by atoms with van der Waals surface area (Å²) in [5, 5.41) is 9.13. The number of nitrogens with zero attached hydrogens (tertiary/aromatic N) is 3. The van der Waals surface area contributed by atoms with E-state index in [0.29, 0.717) is 71.5 Å². The van der Waals surface area contributed by atoms with Crippen LogP contribution in [-0.2, 0) is 28.6 Å². The number of hydrogen-bond acceptors (Lipinski definition) is 8. The highest BCUT2D eigenvalue weighted by Gasteiger charge is 2.75. The number of carbonyl (C=O) groups is 3. The van der Waals surface area contributed by atoms with Crippen molar-refractivity contribution in [2.45, 2.75) is 62.7 Å². The van der Waals surface area contributed by atoms with Gasteiger partial charge in [-0.15, -0.1) is 13.2 Å². The van der Waals surface area contributed by atoms with Crippen LogP contribution in [0.3, 0.4) is 0 Å². The molecule has 4 saturated heterocycles. The molecule has 1 N–H and O–H groups in total. The second-order valence-electron chi connectivity index (χ2n) is 11.0.